The van der Waals surface area contributed by atoms with Crippen LogP contribution in [-0.2, 0) is 9.59 Å². The molecule has 0 saturated heterocycles. The summed E-state index contributed by atoms with van der Waals surface area (Å²) in [5.41, 5.74) is 6.62. The fourth-order valence-electron chi connectivity index (χ4n) is 1.83. The third-order valence-electron chi connectivity index (χ3n) is 2.96. The summed E-state index contributed by atoms with van der Waals surface area (Å²) in [7, 11) is 0. The first-order valence-electron chi connectivity index (χ1n) is 7.57. The maximum Gasteiger partial charge on any atom is 0.248 e. The smallest absolute Gasteiger partial charge is 0.248 e. The van der Waals surface area contributed by atoms with Gasteiger partial charge in [-0.05, 0) is 52.4 Å². The molecule has 4 N–H and O–H groups in total. The lowest BCUT2D eigenvalue weighted by molar-refractivity contribution is -0.119. The number of hydrazine groups is 1. The fraction of sp³-hybridized carbons (Fsp3) is 0.118. The molecule has 2 aromatic rings. The SMILES string of the molecule is O=C(CSCC(=O)Nc1ccccc1)NNC(=S)Nc1ccccc1Br. The van der Waals surface area contributed by atoms with E-state index in [1.165, 1.54) is 11.8 Å². The van der Waals surface area contributed by atoms with E-state index in [4.69, 9.17) is 12.2 Å². The second kappa shape index (κ2) is 10.8. The predicted molar refractivity (Wildman–Crippen MR) is 114 cm³/mol. The lowest BCUT2D eigenvalue weighted by atomic mass is 10.3. The van der Waals surface area contributed by atoms with E-state index in [1.54, 1.807) is 12.1 Å². The number of anilines is 2. The number of hydrogen-bond donors (Lipinski definition) is 4. The molecule has 0 aliphatic rings. The second-order valence-electron chi connectivity index (χ2n) is 5.01. The van der Waals surface area contributed by atoms with Crippen LogP contribution in [0.4, 0.5) is 11.4 Å². The molecule has 0 bridgehead atoms. The van der Waals surface area contributed by atoms with Gasteiger partial charge in [0.05, 0.1) is 17.2 Å². The van der Waals surface area contributed by atoms with Crippen LogP contribution in [0.3, 0.4) is 0 Å². The summed E-state index contributed by atoms with van der Waals surface area (Å²) in [5.74, 6) is -0.124. The van der Waals surface area contributed by atoms with E-state index in [2.05, 4.69) is 37.4 Å². The zero-order chi connectivity index (χ0) is 18.8. The molecule has 0 aromatic heterocycles. The highest BCUT2D eigenvalue weighted by atomic mass is 79.9. The highest BCUT2D eigenvalue weighted by Crippen LogP contribution is 2.20. The molecule has 26 heavy (non-hydrogen) atoms. The molecule has 6 nitrogen and oxygen atoms in total. The summed E-state index contributed by atoms with van der Waals surface area (Å²) in [6, 6.07) is 16.6. The quantitative estimate of drug-likeness (QED) is 0.398. The molecule has 0 fully saturated rings. The van der Waals surface area contributed by atoms with Crippen molar-refractivity contribution in [1.82, 2.24) is 10.9 Å². The van der Waals surface area contributed by atoms with Gasteiger partial charge in [-0.15, -0.1) is 11.8 Å². The van der Waals surface area contributed by atoms with E-state index in [1.807, 2.05) is 42.5 Å². The van der Waals surface area contributed by atoms with E-state index in [9.17, 15) is 9.59 Å². The van der Waals surface area contributed by atoms with Crippen molar-refractivity contribution in [2.75, 3.05) is 22.1 Å². The number of thiocarbonyl (C=S) groups is 1. The van der Waals surface area contributed by atoms with Crippen molar-refractivity contribution in [3.05, 3.63) is 59.1 Å². The summed E-state index contributed by atoms with van der Waals surface area (Å²) in [6.45, 7) is 0. The zero-order valence-corrected chi connectivity index (χ0v) is 16.8. The maximum atomic E-state index is 11.8. The van der Waals surface area contributed by atoms with Crippen LogP contribution in [0.1, 0.15) is 0 Å². The van der Waals surface area contributed by atoms with E-state index in [0.29, 0.717) is 0 Å². The number of rotatable bonds is 6. The molecule has 2 amide bonds. The first kappa shape index (κ1) is 20.2. The molecule has 0 unspecified atom stereocenters. The topological polar surface area (TPSA) is 82.3 Å². The van der Waals surface area contributed by atoms with Crippen LogP contribution in [0, 0.1) is 0 Å². The van der Waals surface area contributed by atoms with Crippen molar-refractivity contribution in [3.8, 4) is 0 Å². The number of halogens is 1. The van der Waals surface area contributed by atoms with Gasteiger partial charge in [0.2, 0.25) is 11.8 Å². The van der Waals surface area contributed by atoms with Crippen molar-refractivity contribution in [1.29, 1.82) is 0 Å². The first-order valence-corrected chi connectivity index (χ1v) is 9.93. The Hall–Kier alpha value is -2.10. The number of para-hydroxylation sites is 2. The van der Waals surface area contributed by atoms with Crippen LogP contribution in [-0.4, -0.2) is 28.4 Å². The fourth-order valence-corrected chi connectivity index (χ4v) is 3.00. The highest BCUT2D eigenvalue weighted by molar-refractivity contribution is 9.10. The molecule has 136 valence electrons. The van der Waals surface area contributed by atoms with E-state index in [-0.39, 0.29) is 28.4 Å². The molecule has 0 atom stereocenters. The summed E-state index contributed by atoms with van der Waals surface area (Å²) in [4.78, 5) is 23.6. The minimum Gasteiger partial charge on any atom is -0.330 e. The van der Waals surface area contributed by atoms with Gasteiger partial charge >= 0.3 is 0 Å². The van der Waals surface area contributed by atoms with Gasteiger partial charge < -0.3 is 10.6 Å². The Morgan fingerprint density at radius 1 is 0.885 bits per heavy atom. The minimum absolute atomic E-state index is 0.132. The summed E-state index contributed by atoms with van der Waals surface area (Å²) >= 11 is 9.72. The van der Waals surface area contributed by atoms with Gasteiger partial charge in [0.1, 0.15) is 0 Å². The average Bonchev–Trinajstić information content (AvgIpc) is 2.63. The van der Waals surface area contributed by atoms with E-state index in [0.717, 1.165) is 15.8 Å². The summed E-state index contributed by atoms with van der Waals surface area (Å²) in [5, 5.41) is 5.97. The molecule has 2 aromatic carbocycles. The lowest BCUT2D eigenvalue weighted by Crippen LogP contribution is -2.44. The third-order valence-corrected chi connectivity index (χ3v) is 4.79. The molecule has 0 saturated carbocycles. The third kappa shape index (κ3) is 7.42. The molecule has 0 heterocycles. The van der Waals surface area contributed by atoms with Gasteiger partial charge in [0, 0.05) is 10.2 Å². The number of benzene rings is 2. The number of nitrogens with one attached hydrogen (secondary N) is 4. The van der Waals surface area contributed by atoms with Gasteiger partial charge in [-0.25, -0.2) is 0 Å². The standard InChI is InChI=1S/C17H17BrN4O2S2/c18-13-8-4-5-9-14(13)20-17(25)22-21-16(24)11-26-10-15(23)19-12-6-2-1-3-7-12/h1-9H,10-11H2,(H,19,23)(H,21,24)(H2,20,22,25). The maximum absolute atomic E-state index is 11.8. The van der Waals surface area contributed by atoms with E-state index < -0.39 is 0 Å². The summed E-state index contributed by atoms with van der Waals surface area (Å²) < 4.78 is 0.857. The van der Waals surface area contributed by atoms with Crippen LogP contribution in [0.25, 0.3) is 0 Å². The monoisotopic (exact) mass is 452 g/mol. The lowest BCUT2D eigenvalue weighted by Gasteiger charge is -2.12. The Kier molecular flexibility index (Phi) is 8.39. The molecule has 0 aliphatic heterocycles. The Balaban J connectivity index is 1.62. The molecule has 2 rings (SSSR count). The Labute approximate surface area is 169 Å². The van der Waals surface area contributed by atoms with Gasteiger partial charge in [-0.2, -0.15) is 0 Å². The Morgan fingerprint density at radius 3 is 2.27 bits per heavy atom. The van der Waals surface area contributed by atoms with Crippen LogP contribution >= 0.6 is 39.9 Å². The number of carbonyl (C=O) groups is 2. The van der Waals surface area contributed by atoms with E-state index >= 15 is 0 Å². The number of amides is 2. The predicted octanol–water partition coefficient (Wildman–Crippen LogP) is 3.14. The van der Waals surface area contributed by atoms with Crippen LogP contribution < -0.4 is 21.5 Å². The van der Waals surface area contributed by atoms with Crippen LogP contribution in [0.15, 0.2) is 59.1 Å². The van der Waals surface area contributed by atoms with Crippen molar-refractivity contribution in [2.45, 2.75) is 0 Å². The molecule has 0 aliphatic carbocycles. The highest BCUT2D eigenvalue weighted by Gasteiger charge is 2.07. The normalized spacial score (nSPS) is 9.88. The van der Waals surface area contributed by atoms with Gasteiger partial charge in [-0.3, -0.25) is 20.4 Å². The molecular weight excluding hydrogens is 436 g/mol. The van der Waals surface area contributed by atoms with Crippen molar-refractivity contribution >= 4 is 68.2 Å². The minimum atomic E-state index is -0.279. The molecular formula is C17H17BrN4O2S2. The van der Waals surface area contributed by atoms with Gasteiger partial charge in [0.25, 0.3) is 0 Å². The largest absolute Gasteiger partial charge is 0.330 e. The molecule has 9 heteroatoms. The van der Waals surface area contributed by atoms with Crippen LogP contribution in [0.2, 0.25) is 0 Å². The van der Waals surface area contributed by atoms with Crippen molar-refractivity contribution in [2.24, 2.45) is 0 Å². The Bertz CT molecular complexity index is 774. The molecule has 0 radical (unpaired) electrons. The first-order chi connectivity index (χ1) is 12.5. The number of carbonyl (C=O) groups excluding carboxylic acids is 2. The van der Waals surface area contributed by atoms with Gasteiger partial charge in [0.15, 0.2) is 5.11 Å². The average molecular weight is 453 g/mol. The van der Waals surface area contributed by atoms with Crippen molar-refractivity contribution < 1.29 is 9.59 Å². The zero-order valence-electron chi connectivity index (χ0n) is 13.6. The molecule has 0 spiro atoms. The number of hydrogen-bond acceptors (Lipinski definition) is 4. The van der Waals surface area contributed by atoms with Crippen molar-refractivity contribution in [3.63, 3.8) is 0 Å². The summed E-state index contributed by atoms with van der Waals surface area (Å²) in [6.07, 6.45) is 0. The van der Waals surface area contributed by atoms with Gasteiger partial charge in [-0.1, -0.05) is 30.3 Å². The number of thioether (sulfide) groups is 1. The van der Waals surface area contributed by atoms with Crippen LogP contribution in [0.5, 0.6) is 0 Å². The second-order valence-corrected chi connectivity index (χ2v) is 7.26. The Morgan fingerprint density at radius 2 is 1.54 bits per heavy atom.